The zero-order valence-electron chi connectivity index (χ0n) is 11.4. The Balaban J connectivity index is 3.80. The second-order valence-electron chi connectivity index (χ2n) is 4.46. The highest BCUT2D eigenvalue weighted by atomic mass is 16.5. The number of nitrogens with one attached hydrogen (secondary N) is 1. The van der Waals surface area contributed by atoms with Crippen molar-refractivity contribution in [3.8, 4) is 0 Å². The van der Waals surface area contributed by atoms with E-state index in [2.05, 4.69) is 19.2 Å². The summed E-state index contributed by atoms with van der Waals surface area (Å²) in [5.74, 6) is 0.253. The molecule has 0 saturated heterocycles. The van der Waals surface area contributed by atoms with Crippen LogP contribution < -0.4 is 5.32 Å². The van der Waals surface area contributed by atoms with Crippen molar-refractivity contribution in [2.45, 2.75) is 52.1 Å². The van der Waals surface area contributed by atoms with Gasteiger partial charge in [0, 0.05) is 19.6 Å². The quantitative estimate of drug-likeness (QED) is 0.616. The predicted octanol–water partition coefficient (Wildman–Crippen LogP) is 1.72. The molecule has 0 aromatic heterocycles. The first-order chi connectivity index (χ1) is 8.15. The fourth-order valence-corrected chi connectivity index (χ4v) is 1.89. The highest BCUT2D eigenvalue weighted by Gasteiger charge is 2.16. The Morgan fingerprint density at radius 2 is 1.82 bits per heavy atom. The lowest BCUT2D eigenvalue weighted by atomic mass is 9.97. The Morgan fingerprint density at radius 1 is 1.24 bits per heavy atom. The maximum atomic E-state index is 11.8. The predicted molar refractivity (Wildman–Crippen MR) is 68.8 cm³/mol. The third kappa shape index (κ3) is 8.16. The van der Waals surface area contributed by atoms with Crippen LogP contribution in [0.5, 0.6) is 0 Å². The van der Waals surface area contributed by atoms with E-state index in [1.807, 2.05) is 0 Å². The molecule has 0 bridgehead atoms. The highest BCUT2D eigenvalue weighted by molar-refractivity contribution is 5.78. The number of hydrogen-bond acceptors (Lipinski definition) is 3. The van der Waals surface area contributed by atoms with E-state index >= 15 is 0 Å². The van der Waals surface area contributed by atoms with Gasteiger partial charge in [-0.25, -0.2) is 0 Å². The van der Waals surface area contributed by atoms with E-state index in [0.717, 1.165) is 25.7 Å². The largest absolute Gasteiger partial charge is 0.391 e. The lowest BCUT2D eigenvalue weighted by Gasteiger charge is -2.16. The zero-order valence-corrected chi connectivity index (χ0v) is 11.4. The molecule has 1 atom stereocenters. The Morgan fingerprint density at radius 3 is 2.29 bits per heavy atom. The molecule has 0 rings (SSSR count). The van der Waals surface area contributed by atoms with Crippen LogP contribution >= 0.6 is 0 Å². The number of carbonyl (C=O) groups excluding carboxylic acids is 1. The first kappa shape index (κ1) is 16.4. The van der Waals surface area contributed by atoms with Gasteiger partial charge in [0.1, 0.15) is 0 Å². The number of carbonyl (C=O) groups is 1. The summed E-state index contributed by atoms with van der Waals surface area (Å²) in [6, 6.07) is 0. The van der Waals surface area contributed by atoms with Gasteiger partial charge in [-0.05, 0) is 19.3 Å². The second-order valence-corrected chi connectivity index (χ2v) is 4.46. The molecule has 4 nitrogen and oxygen atoms in total. The molecule has 1 amide bonds. The Kier molecular flexibility index (Phi) is 10.2. The lowest BCUT2D eigenvalue weighted by Crippen LogP contribution is -2.33. The van der Waals surface area contributed by atoms with Gasteiger partial charge >= 0.3 is 0 Å². The minimum Gasteiger partial charge on any atom is -0.391 e. The van der Waals surface area contributed by atoms with Crippen LogP contribution in [-0.2, 0) is 9.53 Å². The van der Waals surface area contributed by atoms with Crippen LogP contribution in [0.25, 0.3) is 0 Å². The first-order valence-electron chi connectivity index (χ1n) is 6.60. The van der Waals surface area contributed by atoms with Crippen molar-refractivity contribution in [3.05, 3.63) is 0 Å². The highest BCUT2D eigenvalue weighted by Crippen LogP contribution is 2.13. The topological polar surface area (TPSA) is 58.6 Å². The summed E-state index contributed by atoms with van der Waals surface area (Å²) in [5, 5.41) is 12.3. The maximum Gasteiger partial charge on any atom is 0.223 e. The van der Waals surface area contributed by atoms with Crippen molar-refractivity contribution in [3.63, 3.8) is 0 Å². The van der Waals surface area contributed by atoms with Gasteiger partial charge in [-0.1, -0.05) is 26.7 Å². The van der Waals surface area contributed by atoms with Gasteiger partial charge in [0.2, 0.25) is 5.91 Å². The Bertz CT molecular complexity index is 191. The van der Waals surface area contributed by atoms with Gasteiger partial charge in [0.25, 0.3) is 0 Å². The fourth-order valence-electron chi connectivity index (χ4n) is 1.89. The minimum absolute atomic E-state index is 0.123. The number of hydrogen-bond donors (Lipinski definition) is 2. The smallest absolute Gasteiger partial charge is 0.223 e. The number of aliphatic hydroxyl groups excluding tert-OH is 1. The normalized spacial score (nSPS) is 12.8. The average molecular weight is 245 g/mol. The molecule has 0 aliphatic heterocycles. The SMILES string of the molecule is CCCC(CCC)C(=O)NCCC(O)COC. The molecule has 1 unspecified atom stereocenters. The van der Waals surface area contributed by atoms with Gasteiger partial charge in [0.05, 0.1) is 12.7 Å². The molecule has 2 N–H and O–H groups in total. The molecule has 4 heteroatoms. The standard InChI is InChI=1S/C13H27NO3/c1-4-6-11(7-5-2)13(16)14-9-8-12(15)10-17-3/h11-12,15H,4-10H2,1-3H3,(H,14,16). The molecule has 0 radical (unpaired) electrons. The van der Waals surface area contributed by atoms with Crippen molar-refractivity contribution in [1.82, 2.24) is 5.32 Å². The van der Waals surface area contributed by atoms with E-state index in [1.54, 1.807) is 7.11 Å². The number of methoxy groups -OCH3 is 1. The fraction of sp³-hybridized carbons (Fsp3) is 0.923. The van der Waals surface area contributed by atoms with Crippen LogP contribution in [0.3, 0.4) is 0 Å². The van der Waals surface area contributed by atoms with E-state index in [1.165, 1.54) is 0 Å². The molecular formula is C13H27NO3. The van der Waals surface area contributed by atoms with E-state index in [-0.39, 0.29) is 11.8 Å². The monoisotopic (exact) mass is 245 g/mol. The molecule has 0 aliphatic rings. The van der Waals surface area contributed by atoms with Crippen molar-refractivity contribution in [1.29, 1.82) is 0 Å². The summed E-state index contributed by atoms with van der Waals surface area (Å²) in [4.78, 5) is 11.8. The van der Waals surface area contributed by atoms with Gasteiger partial charge in [-0.2, -0.15) is 0 Å². The van der Waals surface area contributed by atoms with Crippen molar-refractivity contribution in [2.75, 3.05) is 20.3 Å². The van der Waals surface area contributed by atoms with Gasteiger partial charge < -0.3 is 15.2 Å². The molecule has 17 heavy (non-hydrogen) atoms. The Labute approximate surface area is 105 Å². The summed E-state index contributed by atoms with van der Waals surface area (Å²) in [6.45, 7) is 5.03. The number of aliphatic hydroxyl groups is 1. The minimum atomic E-state index is -0.490. The number of rotatable bonds is 10. The second kappa shape index (κ2) is 10.5. The molecular weight excluding hydrogens is 218 g/mol. The summed E-state index contributed by atoms with van der Waals surface area (Å²) in [6.07, 6.45) is 4.01. The van der Waals surface area contributed by atoms with E-state index in [9.17, 15) is 9.90 Å². The molecule has 0 saturated carbocycles. The molecule has 0 spiro atoms. The van der Waals surface area contributed by atoms with Crippen LogP contribution in [-0.4, -0.2) is 37.4 Å². The van der Waals surface area contributed by atoms with Crippen LogP contribution in [0.2, 0.25) is 0 Å². The van der Waals surface area contributed by atoms with Crippen LogP contribution in [0.1, 0.15) is 46.0 Å². The van der Waals surface area contributed by atoms with Crippen molar-refractivity contribution in [2.24, 2.45) is 5.92 Å². The van der Waals surface area contributed by atoms with Crippen molar-refractivity contribution >= 4 is 5.91 Å². The van der Waals surface area contributed by atoms with Crippen LogP contribution in [0, 0.1) is 5.92 Å². The van der Waals surface area contributed by atoms with Gasteiger partial charge in [-0.15, -0.1) is 0 Å². The van der Waals surface area contributed by atoms with E-state index in [0.29, 0.717) is 19.6 Å². The number of amides is 1. The van der Waals surface area contributed by atoms with Crippen LogP contribution in [0.4, 0.5) is 0 Å². The average Bonchev–Trinajstić information content (AvgIpc) is 2.29. The molecule has 0 fully saturated rings. The molecule has 102 valence electrons. The van der Waals surface area contributed by atoms with Crippen LogP contribution in [0.15, 0.2) is 0 Å². The lowest BCUT2D eigenvalue weighted by molar-refractivity contribution is -0.125. The maximum absolute atomic E-state index is 11.8. The van der Waals surface area contributed by atoms with Crippen molar-refractivity contribution < 1.29 is 14.6 Å². The molecule has 0 aromatic carbocycles. The van der Waals surface area contributed by atoms with E-state index < -0.39 is 6.10 Å². The molecule has 0 heterocycles. The zero-order chi connectivity index (χ0) is 13.1. The third-order valence-electron chi connectivity index (χ3n) is 2.78. The summed E-state index contributed by atoms with van der Waals surface area (Å²) in [7, 11) is 1.56. The summed E-state index contributed by atoms with van der Waals surface area (Å²) in [5.41, 5.74) is 0. The van der Waals surface area contributed by atoms with Gasteiger partial charge in [-0.3, -0.25) is 4.79 Å². The first-order valence-corrected chi connectivity index (χ1v) is 6.60. The summed E-state index contributed by atoms with van der Waals surface area (Å²) < 4.78 is 4.82. The summed E-state index contributed by atoms with van der Waals surface area (Å²) >= 11 is 0. The third-order valence-corrected chi connectivity index (χ3v) is 2.78. The Hall–Kier alpha value is -0.610. The number of ether oxygens (including phenoxy) is 1. The van der Waals surface area contributed by atoms with E-state index in [4.69, 9.17) is 4.74 Å². The molecule has 0 aromatic rings. The molecule has 0 aliphatic carbocycles. The van der Waals surface area contributed by atoms with Gasteiger partial charge in [0.15, 0.2) is 0 Å².